The van der Waals surface area contributed by atoms with Gasteiger partial charge in [0.1, 0.15) is 0 Å². The number of hydrogen-bond donors (Lipinski definition) is 0. The molecule has 0 aromatic rings. The zero-order chi connectivity index (χ0) is 35.8. The average molecular weight is 1280 g/mol. The van der Waals surface area contributed by atoms with E-state index in [1.165, 1.54) is 0 Å². The fourth-order valence-corrected chi connectivity index (χ4v) is 0. The van der Waals surface area contributed by atoms with E-state index in [9.17, 15) is 0 Å². The van der Waals surface area contributed by atoms with Gasteiger partial charge >= 0.3 is 887 Å². The quantitative estimate of drug-likeness (QED) is 0.203. The molecule has 70 heavy (non-hydrogen) atoms. The van der Waals surface area contributed by atoms with Gasteiger partial charge in [0.15, 0.2) is 0 Å². The molecule has 0 rings (SSSR count). The number of rotatable bonds is 0. The van der Waals surface area contributed by atoms with Gasteiger partial charge in [0.05, 0.1) is 0 Å². The van der Waals surface area contributed by atoms with Gasteiger partial charge in [-0.3, -0.25) is 73.2 Å². The van der Waals surface area contributed by atoms with Gasteiger partial charge in [0.2, 0.25) is 0 Å². The van der Waals surface area contributed by atoms with Crippen LogP contribution in [0.15, 0.2) is 0 Å². The summed E-state index contributed by atoms with van der Waals surface area (Å²) >= 11 is 0. The fraction of sp³-hybridized carbons (Fsp3) is 0. The summed E-state index contributed by atoms with van der Waals surface area (Å²) in [6, 6.07) is 0. The van der Waals surface area contributed by atoms with Crippen LogP contribution < -0.4 is 1040 Å². The molecule has 0 aromatic carbocycles. The SMILES string of the molecule is [Na+].[Na+].[Na+].[Na+].[Na+].[Na+].[Na+].[Na+].[Na+].[Na+].[Na+].[Na+].[Na+].[Na+].[Na+].[Na+].[Na+].[Na+].[Na+].[Na+].[Na+].[Na+].[Na+].[Na+].[Na+].[Na+].[Na+].[Na+].[Na+].[Na+].[O-]B([O-])[O-].[O-]B([O-])[O-].[O-]B([O-])[O-].[O-]B([O-])[O-].[O-]B([O-])[O-].[O-]B([O-])[O-].[O-]B([O-])[O-].[O-]B([O-])[O-].[O-]B([O-])[O-].[O-]B([O-])[O-]. The van der Waals surface area contributed by atoms with E-state index in [1.54, 1.807) is 0 Å². The molecule has 0 aromatic heterocycles. The molecular weight excluding hydrogens is 1280 g/mol. The molecule has 0 spiro atoms. The van der Waals surface area contributed by atoms with Crippen LogP contribution in [0.5, 0.6) is 0 Å². The van der Waals surface area contributed by atoms with Crippen molar-refractivity contribution in [3.05, 3.63) is 0 Å². The zero-order valence-electron chi connectivity index (χ0n) is 48.0. The summed E-state index contributed by atoms with van der Waals surface area (Å²) in [7, 11) is -29.2. The van der Waals surface area contributed by atoms with Gasteiger partial charge in [-0.05, 0) is 0 Å². The molecular formula is B10Na30O30. The van der Waals surface area contributed by atoms with Crippen molar-refractivity contribution in [2.75, 3.05) is 0 Å². The maximum absolute atomic E-state index is 8.42. The molecule has 0 aliphatic heterocycles. The standard InChI is InChI=1S/10BO3.30Na/c10*2-1(3)4;;;;;;;;;;;;;;;;;;;;;;;;;;;;;;/q10*-3;30*+1. The van der Waals surface area contributed by atoms with Gasteiger partial charge in [-0.25, -0.2) is 0 Å². The van der Waals surface area contributed by atoms with Crippen LogP contribution >= 0.6 is 0 Å². The summed E-state index contributed by atoms with van der Waals surface area (Å²) in [6.45, 7) is 0. The van der Waals surface area contributed by atoms with E-state index < -0.39 is 73.2 Å². The first-order valence-corrected chi connectivity index (χ1v) is 7.07. The molecule has 0 amide bonds. The summed E-state index contributed by atoms with van der Waals surface area (Å²) in [5.41, 5.74) is 0. The van der Waals surface area contributed by atoms with Crippen molar-refractivity contribution >= 4 is 73.2 Å². The predicted molar refractivity (Wildman–Crippen MR) is 57.5 cm³/mol. The topological polar surface area (TPSA) is 692 Å². The Morgan fingerprint density at radius 3 is 0.0714 bits per heavy atom. The van der Waals surface area contributed by atoms with Crippen LogP contribution in [0.25, 0.3) is 0 Å². The normalized spacial score (nSPS) is 3.86. The first-order chi connectivity index (χ1) is 17.3. The monoisotopic (exact) mass is 1280 g/mol. The molecule has 0 saturated carbocycles. The number of hydrogen-bond acceptors (Lipinski definition) is 30. The Bertz CT molecular complexity index is 249. The van der Waals surface area contributed by atoms with Gasteiger partial charge in [0, 0.05) is 0 Å². The largest absolute Gasteiger partial charge is 1.00 e. The summed E-state index contributed by atoms with van der Waals surface area (Å²) in [6.07, 6.45) is 0. The van der Waals surface area contributed by atoms with Crippen molar-refractivity contribution < 1.29 is 1040 Å². The average Bonchev–Trinajstić information content (AvgIpc) is 2.47. The Morgan fingerprint density at radius 1 is 0.0714 bits per heavy atom. The molecule has 0 atom stereocenters. The van der Waals surface area contributed by atoms with Crippen molar-refractivity contribution in [3.63, 3.8) is 0 Å². The maximum Gasteiger partial charge on any atom is 1.00 e. The Balaban J connectivity index is -0.00000000359. The van der Waals surface area contributed by atoms with Gasteiger partial charge in [-0.1, -0.05) is 0 Å². The van der Waals surface area contributed by atoms with Crippen molar-refractivity contribution in [1.29, 1.82) is 0 Å². The summed E-state index contributed by atoms with van der Waals surface area (Å²) in [5.74, 6) is 0. The van der Waals surface area contributed by atoms with E-state index >= 15 is 0 Å². The second-order valence-electron chi connectivity index (χ2n) is 2.89. The smallest absolute Gasteiger partial charge is 0.907 e. The molecule has 240 valence electrons. The van der Waals surface area contributed by atoms with Crippen LogP contribution in [0, 0.1) is 0 Å². The van der Waals surface area contributed by atoms with Crippen molar-refractivity contribution in [2.45, 2.75) is 0 Å². The molecule has 0 N–H and O–H groups in total. The second-order valence-corrected chi connectivity index (χ2v) is 2.89. The van der Waals surface area contributed by atoms with Crippen LogP contribution in [-0.4, -0.2) is 73.2 Å². The van der Waals surface area contributed by atoms with Gasteiger partial charge < -0.3 is 151 Å². The third-order valence-corrected chi connectivity index (χ3v) is 0. The van der Waals surface area contributed by atoms with Crippen LogP contribution in [-0.2, 0) is 0 Å². The Hall–Kier alpha value is 29.4. The molecule has 0 bridgehead atoms. The first-order valence-electron chi connectivity index (χ1n) is 7.07. The van der Waals surface area contributed by atoms with E-state index in [4.69, 9.17) is 151 Å². The van der Waals surface area contributed by atoms with Crippen LogP contribution in [0.3, 0.4) is 0 Å². The molecule has 0 fully saturated rings. The van der Waals surface area contributed by atoms with E-state index in [0.717, 1.165) is 0 Å². The van der Waals surface area contributed by atoms with Crippen LogP contribution in [0.1, 0.15) is 0 Å². The van der Waals surface area contributed by atoms with E-state index in [-0.39, 0.29) is 887 Å². The van der Waals surface area contributed by atoms with Crippen molar-refractivity contribution in [1.82, 2.24) is 0 Å². The summed E-state index contributed by atoms with van der Waals surface area (Å²) in [5, 5.41) is 252. The van der Waals surface area contributed by atoms with Crippen molar-refractivity contribution in [3.8, 4) is 0 Å². The molecule has 30 nitrogen and oxygen atoms in total. The van der Waals surface area contributed by atoms with Crippen LogP contribution in [0.4, 0.5) is 0 Å². The molecule has 0 heterocycles. The zero-order valence-corrected chi connectivity index (χ0v) is 108. The third-order valence-electron chi connectivity index (χ3n) is 0. The van der Waals surface area contributed by atoms with E-state index in [0.29, 0.717) is 0 Å². The van der Waals surface area contributed by atoms with Gasteiger partial charge in [-0.2, -0.15) is 0 Å². The molecule has 0 saturated heterocycles. The first kappa shape index (κ1) is 273. The maximum atomic E-state index is 8.42. The van der Waals surface area contributed by atoms with Gasteiger partial charge in [-0.15, -0.1) is 0 Å². The Morgan fingerprint density at radius 2 is 0.0714 bits per heavy atom. The summed E-state index contributed by atoms with van der Waals surface area (Å²) in [4.78, 5) is 0. The molecule has 0 aliphatic carbocycles. The second kappa shape index (κ2) is 265. The predicted octanol–water partition coefficient (Wildman–Crippen LogP) is -129. The minimum atomic E-state index is -2.92. The Labute approximate surface area is 1080 Å². The van der Waals surface area contributed by atoms with E-state index in [1.807, 2.05) is 0 Å². The minimum Gasteiger partial charge on any atom is -0.907 e. The molecule has 0 radical (unpaired) electrons. The Kier molecular flexibility index (Phi) is 1030. The van der Waals surface area contributed by atoms with Gasteiger partial charge in [0.25, 0.3) is 0 Å². The molecule has 0 unspecified atom stereocenters. The minimum absolute atomic E-state index is 0. The van der Waals surface area contributed by atoms with Crippen LogP contribution in [0.2, 0.25) is 0 Å². The fourth-order valence-electron chi connectivity index (χ4n) is 0. The van der Waals surface area contributed by atoms with E-state index in [2.05, 4.69) is 0 Å². The third kappa shape index (κ3) is 1050. The summed E-state index contributed by atoms with van der Waals surface area (Å²) < 4.78 is 0. The molecule has 70 heteroatoms. The molecule has 0 aliphatic rings. The van der Waals surface area contributed by atoms with Crippen molar-refractivity contribution in [2.24, 2.45) is 0 Å².